The van der Waals surface area contributed by atoms with Crippen molar-refractivity contribution in [1.29, 1.82) is 0 Å². The quantitative estimate of drug-likeness (QED) is 0.354. The lowest BCUT2D eigenvalue weighted by Gasteiger charge is -2.12. The van der Waals surface area contributed by atoms with Crippen LogP contribution >= 0.6 is 0 Å². The molecule has 2 amide bonds. The van der Waals surface area contributed by atoms with Crippen molar-refractivity contribution in [2.24, 2.45) is 0 Å². The maximum absolute atomic E-state index is 12.2. The number of Topliss-reactive ketones (excluding diaryl/α,β-unsaturated/α-hetero) is 1. The molecule has 0 aliphatic carbocycles. The van der Waals surface area contributed by atoms with Crippen LogP contribution in [0.15, 0.2) is 72.8 Å². The predicted molar refractivity (Wildman–Crippen MR) is 126 cm³/mol. The van der Waals surface area contributed by atoms with Crippen molar-refractivity contribution in [1.82, 2.24) is 10.9 Å². The summed E-state index contributed by atoms with van der Waals surface area (Å²) >= 11 is 0. The van der Waals surface area contributed by atoms with Gasteiger partial charge in [0.2, 0.25) is 5.91 Å². The minimum absolute atomic E-state index is 0.0735. The molecule has 0 spiro atoms. The number of carbonyl (C=O) groups is 3. The molecule has 0 saturated heterocycles. The molecule has 0 aliphatic heterocycles. The zero-order chi connectivity index (χ0) is 24.3. The van der Waals surface area contributed by atoms with Crippen LogP contribution in [0.5, 0.6) is 17.2 Å². The van der Waals surface area contributed by atoms with Crippen LogP contribution in [-0.4, -0.2) is 31.3 Å². The van der Waals surface area contributed by atoms with E-state index in [1.807, 2.05) is 30.3 Å². The molecular formula is C26H26N2O6. The Bertz CT molecular complexity index is 1130. The summed E-state index contributed by atoms with van der Waals surface area (Å²) in [5, 5.41) is 0. The Hall–Kier alpha value is -4.33. The highest BCUT2D eigenvalue weighted by Crippen LogP contribution is 2.21. The second kappa shape index (κ2) is 12.1. The van der Waals surface area contributed by atoms with Gasteiger partial charge in [-0.15, -0.1) is 0 Å². The van der Waals surface area contributed by atoms with Crippen LogP contribution < -0.4 is 25.1 Å². The molecule has 3 aromatic carbocycles. The zero-order valence-electron chi connectivity index (χ0n) is 19.0. The second-order valence-corrected chi connectivity index (χ2v) is 7.39. The van der Waals surface area contributed by atoms with E-state index in [9.17, 15) is 14.4 Å². The third kappa shape index (κ3) is 7.37. The number of ketones is 1. The third-order valence-electron chi connectivity index (χ3n) is 4.82. The van der Waals surface area contributed by atoms with Crippen molar-refractivity contribution < 1.29 is 28.6 Å². The molecule has 2 N–H and O–H groups in total. The van der Waals surface area contributed by atoms with Crippen LogP contribution in [0.4, 0.5) is 0 Å². The molecule has 34 heavy (non-hydrogen) atoms. The van der Waals surface area contributed by atoms with Crippen molar-refractivity contribution >= 4 is 17.6 Å². The highest BCUT2D eigenvalue weighted by atomic mass is 16.5. The topological polar surface area (TPSA) is 103 Å². The number of amides is 2. The summed E-state index contributed by atoms with van der Waals surface area (Å²) in [5.74, 6) is 0.530. The van der Waals surface area contributed by atoms with Crippen LogP contribution in [0.3, 0.4) is 0 Å². The Morgan fingerprint density at radius 1 is 0.794 bits per heavy atom. The first-order valence-corrected chi connectivity index (χ1v) is 10.6. The number of hydrogen-bond acceptors (Lipinski definition) is 6. The number of methoxy groups -OCH3 is 1. The fourth-order valence-corrected chi connectivity index (χ4v) is 3.05. The lowest BCUT2D eigenvalue weighted by molar-refractivity contribution is -0.129. The van der Waals surface area contributed by atoms with Crippen LogP contribution in [0.25, 0.3) is 0 Å². The molecular weight excluding hydrogens is 436 g/mol. The predicted octanol–water partition coefficient (Wildman–Crippen LogP) is 3.25. The molecule has 0 radical (unpaired) electrons. The molecule has 3 aromatic rings. The van der Waals surface area contributed by atoms with Gasteiger partial charge < -0.3 is 14.2 Å². The monoisotopic (exact) mass is 462 g/mol. The van der Waals surface area contributed by atoms with Gasteiger partial charge in [0, 0.05) is 11.1 Å². The summed E-state index contributed by atoms with van der Waals surface area (Å²) in [6, 6.07) is 21.6. The van der Waals surface area contributed by atoms with Gasteiger partial charge in [0.1, 0.15) is 23.9 Å². The Balaban J connectivity index is 1.41. The smallest absolute Gasteiger partial charge is 0.276 e. The molecule has 0 aromatic heterocycles. The molecule has 0 unspecified atom stereocenters. The van der Waals surface area contributed by atoms with Crippen LogP contribution in [0.2, 0.25) is 0 Å². The van der Waals surface area contributed by atoms with Gasteiger partial charge in [-0.2, -0.15) is 0 Å². The van der Waals surface area contributed by atoms with E-state index in [4.69, 9.17) is 14.2 Å². The number of rotatable bonds is 10. The summed E-state index contributed by atoms with van der Waals surface area (Å²) < 4.78 is 16.4. The highest BCUT2D eigenvalue weighted by molar-refractivity contribution is 5.95. The van der Waals surface area contributed by atoms with Crippen LogP contribution in [0.1, 0.15) is 28.4 Å². The van der Waals surface area contributed by atoms with Crippen LogP contribution in [-0.2, 0) is 22.6 Å². The molecule has 0 fully saturated rings. The standard InChI is InChI=1S/C26H26N2O6/c1-18(29)20-8-13-24(32-2)21(14-20)15-25(30)27-28-26(31)17-34-23-11-9-22(10-12-23)33-16-19-6-4-3-5-7-19/h3-14H,15-17H2,1-2H3,(H,27,30)(H,28,31). The normalized spacial score (nSPS) is 10.2. The largest absolute Gasteiger partial charge is 0.496 e. The van der Waals surface area contributed by atoms with E-state index in [1.54, 1.807) is 42.5 Å². The number of hydrogen-bond donors (Lipinski definition) is 2. The molecule has 0 bridgehead atoms. The zero-order valence-corrected chi connectivity index (χ0v) is 19.0. The first kappa shape index (κ1) is 24.3. The lowest BCUT2D eigenvalue weighted by atomic mass is 10.0. The first-order chi connectivity index (χ1) is 16.4. The summed E-state index contributed by atoms with van der Waals surface area (Å²) in [5.41, 5.74) is 6.70. The van der Waals surface area contributed by atoms with Crippen molar-refractivity contribution in [3.8, 4) is 17.2 Å². The molecule has 0 heterocycles. The minimum Gasteiger partial charge on any atom is -0.496 e. The highest BCUT2D eigenvalue weighted by Gasteiger charge is 2.12. The van der Waals surface area contributed by atoms with Gasteiger partial charge in [0.05, 0.1) is 13.5 Å². The SMILES string of the molecule is COc1ccc(C(C)=O)cc1CC(=O)NNC(=O)COc1ccc(OCc2ccccc2)cc1. The molecule has 8 heteroatoms. The average Bonchev–Trinajstić information content (AvgIpc) is 2.86. The van der Waals surface area contributed by atoms with Crippen molar-refractivity contribution in [3.05, 3.63) is 89.5 Å². The summed E-state index contributed by atoms with van der Waals surface area (Å²) in [4.78, 5) is 35.8. The molecule has 0 atom stereocenters. The maximum atomic E-state index is 12.2. The van der Waals surface area contributed by atoms with Gasteiger partial charge in [-0.1, -0.05) is 30.3 Å². The van der Waals surface area contributed by atoms with E-state index in [0.717, 1.165) is 5.56 Å². The van der Waals surface area contributed by atoms with Gasteiger partial charge in [0.25, 0.3) is 5.91 Å². The fraction of sp³-hybridized carbons (Fsp3) is 0.192. The summed E-state index contributed by atoms with van der Waals surface area (Å²) in [6.45, 7) is 1.61. The van der Waals surface area contributed by atoms with Gasteiger partial charge in [-0.25, -0.2) is 0 Å². The van der Waals surface area contributed by atoms with Crippen molar-refractivity contribution in [2.75, 3.05) is 13.7 Å². The number of benzene rings is 3. The Labute approximate surface area is 197 Å². The fourth-order valence-electron chi connectivity index (χ4n) is 3.05. The van der Waals surface area contributed by atoms with Crippen molar-refractivity contribution in [3.63, 3.8) is 0 Å². The first-order valence-electron chi connectivity index (χ1n) is 10.6. The summed E-state index contributed by atoms with van der Waals surface area (Å²) in [7, 11) is 1.48. The van der Waals surface area contributed by atoms with E-state index >= 15 is 0 Å². The molecule has 8 nitrogen and oxygen atoms in total. The van der Waals surface area contributed by atoms with E-state index < -0.39 is 11.8 Å². The van der Waals surface area contributed by atoms with E-state index in [-0.39, 0.29) is 18.8 Å². The number of carbonyl (C=O) groups excluding carboxylic acids is 3. The Kier molecular flexibility index (Phi) is 8.62. The van der Waals surface area contributed by atoms with E-state index in [2.05, 4.69) is 10.9 Å². The number of hydrazine groups is 1. The Morgan fingerprint density at radius 3 is 2.09 bits per heavy atom. The van der Waals surface area contributed by atoms with Gasteiger partial charge >= 0.3 is 0 Å². The lowest BCUT2D eigenvalue weighted by Crippen LogP contribution is -2.44. The Morgan fingerprint density at radius 2 is 1.44 bits per heavy atom. The average molecular weight is 463 g/mol. The van der Waals surface area contributed by atoms with Crippen molar-refractivity contribution in [2.45, 2.75) is 20.0 Å². The molecule has 0 saturated carbocycles. The van der Waals surface area contributed by atoms with Crippen LogP contribution in [0, 0.1) is 0 Å². The van der Waals surface area contributed by atoms with E-state index in [0.29, 0.717) is 35.0 Å². The minimum atomic E-state index is -0.526. The number of nitrogens with one attached hydrogen (secondary N) is 2. The van der Waals surface area contributed by atoms with E-state index in [1.165, 1.54) is 14.0 Å². The molecule has 0 aliphatic rings. The second-order valence-electron chi connectivity index (χ2n) is 7.39. The maximum Gasteiger partial charge on any atom is 0.276 e. The van der Waals surface area contributed by atoms with Gasteiger partial charge in [-0.3, -0.25) is 25.2 Å². The van der Waals surface area contributed by atoms with Gasteiger partial charge in [0.15, 0.2) is 12.4 Å². The summed E-state index contributed by atoms with van der Waals surface area (Å²) in [6.07, 6.45) is -0.0735. The molecule has 3 rings (SSSR count). The number of ether oxygens (including phenoxy) is 3. The molecule has 176 valence electrons. The third-order valence-corrected chi connectivity index (χ3v) is 4.82. The van der Waals surface area contributed by atoms with Gasteiger partial charge in [-0.05, 0) is 55.0 Å².